The lowest BCUT2D eigenvalue weighted by atomic mass is 10.1. The molecule has 0 saturated carbocycles. The van der Waals surface area contributed by atoms with Crippen LogP contribution >= 0.6 is 0 Å². The van der Waals surface area contributed by atoms with Crippen molar-refractivity contribution in [3.05, 3.63) is 41.1 Å². The number of ketones is 1. The molecule has 0 bridgehead atoms. The van der Waals surface area contributed by atoms with Crippen molar-refractivity contribution in [1.82, 2.24) is 9.78 Å². The quantitative estimate of drug-likeness (QED) is 0.741. The smallest absolute Gasteiger partial charge is 0.172 e. The van der Waals surface area contributed by atoms with Gasteiger partial charge >= 0.3 is 0 Å². The van der Waals surface area contributed by atoms with E-state index in [1.165, 1.54) is 6.26 Å². The monoisotopic (exact) mass is 218 g/mol. The van der Waals surface area contributed by atoms with Crippen LogP contribution in [0.3, 0.4) is 0 Å². The maximum atomic E-state index is 12.0. The average Bonchev–Trinajstić information content (AvgIpc) is 2.74. The van der Waals surface area contributed by atoms with Gasteiger partial charge in [0.1, 0.15) is 5.76 Å². The van der Waals surface area contributed by atoms with E-state index < -0.39 is 0 Å². The van der Waals surface area contributed by atoms with E-state index in [9.17, 15) is 4.79 Å². The van der Waals surface area contributed by atoms with Crippen LogP contribution in [0.15, 0.2) is 22.8 Å². The summed E-state index contributed by atoms with van der Waals surface area (Å²) in [5.41, 5.74) is 2.50. The van der Waals surface area contributed by atoms with Gasteiger partial charge in [-0.3, -0.25) is 9.48 Å². The molecule has 2 rings (SSSR count). The lowest BCUT2D eigenvalue weighted by Gasteiger charge is -2.00. The highest BCUT2D eigenvalue weighted by atomic mass is 16.3. The van der Waals surface area contributed by atoms with Crippen molar-refractivity contribution in [2.45, 2.75) is 20.3 Å². The Morgan fingerprint density at radius 2 is 2.25 bits per heavy atom. The van der Waals surface area contributed by atoms with Crippen molar-refractivity contribution in [3.8, 4) is 0 Å². The molecule has 0 saturated heterocycles. The van der Waals surface area contributed by atoms with Crippen molar-refractivity contribution in [1.29, 1.82) is 0 Å². The summed E-state index contributed by atoms with van der Waals surface area (Å²) in [6.45, 7) is 3.71. The third kappa shape index (κ3) is 1.91. The molecule has 0 spiro atoms. The summed E-state index contributed by atoms with van der Waals surface area (Å²) in [6, 6.07) is 3.63. The number of aromatic nitrogens is 2. The molecule has 2 heterocycles. The molecule has 0 unspecified atom stereocenters. The number of Topliss-reactive ketones (excluding diaryl/α,β-unsaturated/α-hetero) is 1. The molecule has 0 aliphatic carbocycles. The van der Waals surface area contributed by atoms with Crippen molar-refractivity contribution >= 4 is 5.78 Å². The number of hydrogen-bond acceptors (Lipinski definition) is 3. The summed E-state index contributed by atoms with van der Waals surface area (Å²) in [5.74, 6) is 0.734. The normalized spacial score (nSPS) is 10.7. The van der Waals surface area contributed by atoms with E-state index in [0.717, 1.165) is 11.4 Å². The first-order chi connectivity index (χ1) is 7.58. The van der Waals surface area contributed by atoms with E-state index in [-0.39, 0.29) is 5.78 Å². The second-order valence-electron chi connectivity index (χ2n) is 3.89. The average molecular weight is 218 g/mol. The van der Waals surface area contributed by atoms with E-state index in [4.69, 9.17) is 4.42 Å². The first-order valence-corrected chi connectivity index (χ1v) is 5.14. The summed E-state index contributed by atoms with van der Waals surface area (Å²) in [5, 5.41) is 4.21. The van der Waals surface area contributed by atoms with E-state index in [2.05, 4.69) is 5.10 Å². The Kier molecular flexibility index (Phi) is 2.64. The van der Waals surface area contributed by atoms with Crippen molar-refractivity contribution in [2.75, 3.05) is 0 Å². The van der Waals surface area contributed by atoms with Gasteiger partial charge in [0.25, 0.3) is 0 Å². The van der Waals surface area contributed by atoms with E-state index in [0.29, 0.717) is 17.7 Å². The van der Waals surface area contributed by atoms with Crippen LogP contribution in [-0.4, -0.2) is 15.6 Å². The Bertz CT molecular complexity index is 523. The Morgan fingerprint density at radius 1 is 1.50 bits per heavy atom. The Balaban J connectivity index is 2.20. The summed E-state index contributed by atoms with van der Waals surface area (Å²) < 4.78 is 6.85. The number of nitrogens with zero attached hydrogens (tertiary/aromatic N) is 2. The third-order valence-corrected chi connectivity index (χ3v) is 2.60. The van der Waals surface area contributed by atoms with Gasteiger partial charge in [-0.15, -0.1) is 0 Å². The van der Waals surface area contributed by atoms with Crippen LogP contribution in [0.1, 0.15) is 27.5 Å². The molecule has 0 aliphatic heterocycles. The van der Waals surface area contributed by atoms with Crippen LogP contribution in [0, 0.1) is 13.8 Å². The Hall–Kier alpha value is -1.84. The predicted octanol–water partition coefficient (Wildman–Crippen LogP) is 2.06. The summed E-state index contributed by atoms with van der Waals surface area (Å²) in [4.78, 5) is 12.0. The van der Waals surface area contributed by atoms with Gasteiger partial charge in [-0.1, -0.05) is 0 Å². The molecule has 2 aromatic rings. The van der Waals surface area contributed by atoms with Gasteiger partial charge < -0.3 is 4.42 Å². The third-order valence-electron chi connectivity index (χ3n) is 2.60. The molecule has 2 aromatic heterocycles. The molecule has 84 valence electrons. The van der Waals surface area contributed by atoms with Crippen LogP contribution in [-0.2, 0) is 13.5 Å². The molecular weight excluding hydrogens is 204 g/mol. The predicted molar refractivity (Wildman–Crippen MR) is 59.4 cm³/mol. The van der Waals surface area contributed by atoms with E-state index in [1.54, 1.807) is 17.7 Å². The van der Waals surface area contributed by atoms with E-state index >= 15 is 0 Å². The minimum absolute atomic E-state index is 0.0641. The van der Waals surface area contributed by atoms with Gasteiger partial charge in [-0.25, -0.2) is 0 Å². The van der Waals surface area contributed by atoms with Crippen molar-refractivity contribution in [3.63, 3.8) is 0 Å². The molecule has 4 nitrogen and oxygen atoms in total. The van der Waals surface area contributed by atoms with Gasteiger partial charge in [-0.05, 0) is 26.0 Å². The standard InChI is InChI=1S/C12H14N2O2/c1-8-6-10(14(3)13-8)7-12(15)11-4-5-16-9(11)2/h4-6H,7H2,1-3H3. The van der Waals surface area contributed by atoms with Crippen LogP contribution in [0.2, 0.25) is 0 Å². The fraction of sp³-hybridized carbons (Fsp3) is 0.333. The minimum Gasteiger partial charge on any atom is -0.469 e. The van der Waals surface area contributed by atoms with Crippen LogP contribution in [0.25, 0.3) is 0 Å². The molecular formula is C12H14N2O2. The number of carbonyl (C=O) groups excluding carboxylic acids is 1. The second kappa shape index (κ2) is 3.96. The van der Waals surface area contributed by atoms with Gasteiger partial charge in [0, 0.05) is 12.7 Å². The zero-order valence-electron chi connectivity index (χ0n) is 9.65. The van der Waals surface area contributed by atoms with Crippen LogP contribution in [0.5, 0.6) is 0 Å². The molecule has 0 amide bonds. The molecule has 0 fully saturated rings. The number of hydrogen-bond donors (Lipinski definition) is 0. The maximum absolute atomic E-state index is 12.0. The van der Waals surface area contributed by atoms with Gasteiger partial charge in [0.05, 0.1) is 23.9 Å². The number of carbonyl (C=O) groups is 1. The van der Waals surface area contributed by atoms with Crippen molar-refractivity contribution < 1.29 is 9.21 Å². The summed E-state index contributed by atoms with van der Waals surface area (Å²) in [7, 11) is 1.85. The molecule has 0 aromatic carbocycles. The topological polar surface area (TPSA) is 48.0 Å². The number of furan rings is 1. The molecule has 0 atom stereocenters. The summed E-state index contributed by atoms with van der Waals surface area (Å²) in [6.07, 6.45) is 1.90. The molecule has 0 radical (unpaired) electrons. The Labute approximate surface area is 93.9 Å². The number of rotatable bonds is 3. The Morgan fingerprint density at radius 3 is 2.75 bits per heavy atom. The number of aryl methyl sites for hydroxylation is 3. The van der Waals surface area contributed by atoms with Gasteiger partial charge in [-0.2, -0.15) is 5.10 Å². The lowest BCUT2D eigenvalue weighted by molar-refractivity contribution is 0.0989. The highest BCUT2D eigenvalue weighted by molar-refractivity contribution is 5.98. The minimum atomic E-state index is 0.0641. The van der Waals surface area contributed by atoms with Crippen LogP contribution < -0.4 is 0 Å². The first kappa shape index (κ1) is 10.7. The first-order valence-electron chi connectivity index (χ1n) is 5.14. The van der Waals surface area contributed by atoms with Gasteiger partial charge in [0.2, 0.25) is 0 Å². The zero-order valence-corrected chi connectivity index (χ0v) is 9.65. The van der Waals surface area contributed by atoms with E-state index in [1.807, 2.05) is 20.0 Å². The zero-order chi connectivity index (χ0) is 11.7. The molecule has 0 N–H and O–H groups in total. The largest absolute Gasteiger partial charge is 0.469 e. The van der Waals surface area contributed by atoms with Crippen molar-refractivity contribution in [2.24, 2.45) is 7.05 Å². The fourth-order valence-corrected chi connectivity index (χ4v) is 1.76. The fourth-order valence-electron chi connectivity index (χ4n) is 1.76. The summed E-state index contributed by atoms with van der Waals surface area (Å²) >= 11 is 0. The van der Waals surface area contributed by atoms with Gasteiger partial charge in [0.15, 0.2) is 5.78 Å². The second-order valence-corrected chi connectivity index (χ2v) is 3.89. The lowest BCUT2D eigenvalue weighted by Crippen LogP contribution is -2.08. The van der Waals surface area contributed by atoms with Crippen LogP contribution in [0.4, 0.5) is 0 Å². The highest BCUT2D eigenvalue weighted by Gasteiger charge is 2.14. The SMILES string of the molecule is Cc1cc(CC(=O)c2ccoc2C)n(C)n1. The molecule has 0 aliphatic rings. The maximum Gasteiger partial charge on any atom is 0.172 e. The highest BCUT2D eigenvalue weighted by Crippen LogP contribution is 2.13. The molecule has 4 heteroatoms. The molecule has 16 heavy (non-hydrogen) atoms.